The second-order valence-corrected chi connectivity index (χ2v) is 3.35. The minimum absolute atomic E-state index is 0.590. The van der Waals surface area contributed by atoms with E-state index >= 15 is 0 Å². The molecule has 2 aromatic rings. The van der Waals surface area contributed by atoms with Crippen molar-refractivity contribution in [3.8, 4) is 0 Å². The summed E-state index contributed by atoms with van der Waals surface area (Å²) in [5.74, 6) is 0. The van der Waals surface area contributed by atoms with Crippen LogP contribution in [0, 0.1) is 13.8 Å². The molecule has 0 saturated heterocycles. The first-order chi connectivity index (χ1) is 6.22. The van der Waals surface area contributed by atoms with Gasteiger partial charge in [-0.1, -0.05) is 0 Å². The van der Waals surface area contributed by atoms with Gasteiger partial charge in [-0.15, -0.1) is 0 Å². The van der Waals surface area contributed by atoms with Crippen LogP contribution >= 0.6 is 0 Å². The van der Waals surface area contributed by atoms with Crippen molar-refractivity contribution < 1.29 is 0 Å². The van der Waals surface area contributed by atoms with Crippen LogP contribution < -0.4 is 5.73 Å². The summed E-state index contributed by atoms with van der Waals surface area (Å²) < 4.78 is 0. The number of rotatable bonds is 1. The molecule has 3 nitrogen and oxygen atoms in total. The van der Waals surface area contributed by atoms with Gasteiger partial charge < -0.3 is 5.73 Å². The predicted octanol–water partition coefficient (Wildman–Crippen LogP) is 1.64. The second kappa shape index (κ2) is 2.85. The molecule has 0 fully saturated rings. The summed E-state index contributed by atoms with van der Waals surface area (Å²) in [6, 6.07) is 4.19. The highest BCUT2D eigenvalue weighted by molar-refractivity contribution is 5.82. The predicted molar refractivity (Wildman–Crippen MR) is 53.5 cm³/mol. The molecule has 0 saturated carbocycles. The minimum atomic E-state index is 0.590. The Balaban J connectivity index is 2.77. The molecular weight excluding hydrogens is 162 g/mol. The summed E-state index contributed by atoms with van der Waals surface area (Å²) in [6.45, 7) is 4.67. The highest BCUT2D eigenvalue weighted by Crippen LogP contribution is 2.19. The largest absolute Gasteiger partial charge is 0.326 e. The lowest BCUT2D eigenvalue weighted by atomic mass is 10.1. The van der Waals surface area contributed by atoms with Gasteiger partial charge in [0.1, 0.15) is 0 Å². The van der Waals surface area contributed by atoms with Crippen molar-refractivity contribution in [1.82, 2.24) is 10.2 Å². The van der Waals surface area contributed by atoms with Gasteiger partial charge in [0, 0.05) is 17.6 Å². The molecule has 0 unspecified atom stereocenters. The van der Waals surface area contributed by atoms with Gasteiger partial charge in [0.25, 0.3) is 0 Å². The van der Waals surface area contributed by atoms with Crippen LogP contribution in [0.1, 0.15) is 16.8 Å². The summed E-state index contributed by atoms with van der Waals surface area (Å²) in [7, 11) is 0. The average molecular weight is 175 g/mol. The number of aromatic nitrogens is 2. The molecule has 0 amide bonds. The van der Waals surface area contributed by atoms with E-state index in [2.05, 4.69) is 29.3 Å². The van der Waals surface area contributed by atoms with Crippen molar-refractivity contribution in [2.45, 2.75) is 20.4 Å². The molecule has 68 valence electrons. The fourth-order valence-corrected chi connectivity index (χ4v) is 1.55. The summed E-state index contributed by atoms with van der Waals surface area (Å²) in [4.78, 5) is 0. The monoisotopic (exact) mass is 175 g/mol. The smallest absolute Gasteiger partial charge is 0.0926 e. The minimum Gasteiger partial charge on any atom is -0.326 e. The topological polar surface area (TPSA) is 54.7 Å². The molecule has 0 aliphatic heterocycles. The third-order valence-electron chi connectivity index (χ3n) is 2.42. The molecule has 13 heavy (non-hydrogen) atoms. The highest BCUT2D eigenvalue weighted by Gasteiger charge is 2.04. The normalized spacial score (nSPS) is 11.0. The number of H-pyrrole nitrogens is 1. The van der Waals surface area contributed by atoms with Crippen LogP contribution in [0.5, 0.6) is 0 Å². The Kier molecular flexibility index (Phi) is 1.81. The average Bonchev–Trinajstić information content (AvgIpc) is 2.46. The molecule has 3 heteroatoms. The van der Waals surface area contributed by atoms with Crippen molar-refractivity contribution in [1.29, 1.82) is 0 Å². The number of nitrogens with zero attached hydrogens (tertiary/aromatic N) is 1. The van der Waals surface area contributed by atoms with E-state index < -0.39 is 0 Å². The van der Waals surface area contributed by atoms with Crippen LogP contribution in [0.3, 0.4) is 0 Å². The van der Waals surface area contributed by atoms with Crippen molar-refractivity contribution in [2.24, 2.45) is 5.73 Å². The highest BCUT2D eigenvalue weighted by atomic mass is 15.1. The first kappa shape index (κ1) is 8.26. The lowest BCUT2D eigenvalue weighted by molar-refractivity contribution is 1.05. The van der Waals surface area contributed by atoms with Crippen LogP contribution in [0.15, 0.2) is 12.1 Å². The van der Waals surface area contributed by atoms with Crippen molar-refractivity contribution >= 4 is 10.9 Å². The third-order valence-corrected chi connectivity index (χ3v) is 2.42. The van der Waals surface area contributed by atoms with Gasteiger partial charge >= 0.3 is 0 Å². The Bertz CT molecular complexity index is 443. The molecule has 0 bridgehead atoms. The van der Waals surface area contributed by atoms with E-state index in [9.17, 15) is 0 Å². The Morgan fingerprint density at radius 1 is 1.38 bits per heavy atom. The van der Waals surface area contributed by atoms with Crippen LogP contribution in [-0.2, 0) is 6.54 Å². The summed E-state index contributed by atoms with van der Waals surface area (Å²) >= 11 is 0. The molecule has 1 aromatic carbocycles. The van der Waals surface area contributed by atoms with Gasteiger partial charge in [0.15, 0.2) is 0 Å². The quantitative estimate of drug-likeness (QED) is 0.692. The summed E-state index contributed by atoms with van der Waals surface area (Å²) in [5.41, 5.74) is 10.2. The van der Waals surface area contributed by atoms with Gasteiger partial charge in [-0.3, -0.25) is 5.10 Å². The SMILES string of the molecule is Cc1cc2n[nH]c(C)c2cc1CN. The maximum Gasteiger partial charge on any atom is 0.0926 e. The molecule has 1 heterocycles. The van der Waals surface area contributed by atoms with E-state index in [0.717, 1.165) is 11.2 Å². The first-order valence-electron chi connectivity index (χ1n) is 4.36. The van der Waals surface area contributed by atoms with Gasteiger partial charge in [0.2, 0.25) is 0 Å². The summed E-state index contributed by atoms with van der Waals surface area (Å²) in [5, 5.41) is 8.33. The Hall–Kier alpha value is -1.35. The number of fused-ring (bicyclic) bond motifs is 1. The fraction of sp³-hybridized carbons (Fsp3) is 0.300. The number of nitrogens with two attached hydrogens (primary N) is 1. The number of benzene rings is 1. The molecular formula is C10H13N3. The molecule has 2 rings (SSSR count). The van der Waals surface area contributed by atoms with E-state index in [-0.39, 0.29) is 0 Å². The van der Waals surface area contributed by atoms with Crippen LogP contribution in [-0.4, -0.2) is 10.2 Å². The van der Waals surface area contributed by atoms with Gasteiger partial charge in [-0.05, 0) is 37.1 Å². The van der Waals surface area contributed by atoms with Gasteiger partial charge in [-0.25, -0.2) is 0 Å². The van der Waals surface area contributed by atoms with E-state index in [1.54, 1.807) is 0 Å². The molecule has 0 spiro atoms. The Labute approximate surface area is 76.9 Å². The third kappa shape index (κ3) is 1.21. The van der Waals surface area contributed by atoms with Gasteiger partial charge in [-0.2, -0.15) is 5.10 Å². The lowest BCUT2D eigenvalue weighted by Crippen LogP contribution is -1.98. The Morgan fingerprint density at radius 2 is 2.15 bits per heavy atom. The molecule has 0 radical (unpaired) electrons. The van der Waals surface area contributed by atoms with Crippen molar-refractivity contribution in [2.75, 3.05) is 0 Å². The van der Waals surface area contributed by atoms with E-state index in [1.165, 1.54) is 16.5 Å². The lowest BCUT2D eigenvalue weighted by Gasteiger charge is -2.01. The number of hydrogen-bond acceptors (Lipinski definition) is 2. The fourth-order valence-electron chi connectivity index (χ4n) is 1.55. The molecule has 0 aliphatic rings. The van der Waals surface area contributed by atoms with Crippen molar-refractivity contribution in [3.63, 3.8) is 0 Å². The van der Waals surface area contributed by atoms with E-state index in [0.29, 0.717) is 6.54 Å². The zero-order chi connectivity index (χ0) is 9.42. The molecule has 0 atom stereocenters. The van der Waals surface area contributed by atoms with E-state index in [4.69, 9.17) is 5.73 Å². The van der Waals surface area contributed by atoms with Crippen LogP contribution in [0.2, 0.25) is 0 Å². The second-order valence-electron chi connectivity index (χ2n) is 3.35. The maximum absolute atomic E-state index is 5.63. The zero-order valence-electron chi connectivity index (χ0n) is 7.89. The summed E-state index contributed by atoms with van der Waals surface area (Å²) in [6.07, 6.45) is 0. The number of hydrogen-bond donors (Lipinski definition) is 2. The number of nitrogens with one attached hydrogen (secondary N) is 1. The Morgan fingerprint density at radius 3 is 2.85 bits per heavy atom. The van der Waals surface area contributed by atoms with Gasteiger partial charge in [0.05, 0.1) is 5.52 Å². The van der Waals surface area contributed by atoms with Crippen molar-refractivity contribution in [3.05, 3.63) is 29.0 Å². The maximum atomic E-state index is 5.63. The molecule has 0 aliphatic carbocycles. The first-order valence-corrected chi connectivity index (χ1v) is 4.36. The molecule has 1 aromatic heterocycles. The standard InChI is InChI=1S/C10H13N3/c1-6-3-10-9(4-8(6)5-11)7(2)12-13-10/h3-4H,5,11H2,1-2H3,(H,12,13). The van der Waals surface area contributed by atoms with Crippen LogP contribution in [0.4, 0.5) is 0 Å². The molecule has 3 N–H and O–H groups in total. The number of aryl methyl sites for hydroxylation is 2. The number of aromatic amines is 1. The van der Waals surface area contributed by atoms with E-state index in [1.807, 2.05) is 6.92 Å². The van der Waals surface area contributed by atoms with Crippen LogP contribution in [0.25, 0.3) is 10.9 Å². The zero-order valence-corrected chi connectivity index (χ0v) is 7.89.